The third-order valence-electron chi connectivity index (χ3n) is 3.58. The Morgan fingerprint density at radius 3 is 1.25 bits per heavy atom. The van der Waals surface area contributed by atoms with E-state index in [1.54, 1.807) is 0 Å². The zero-order valence-corrected chi connectivity index (χ0v) is 12.1. The SMILES string of the molecule is NCCCCCCN.O=C(O)C1CCC(C(=O)O)CC1. The second kappa shape index (κ2) is 11.7. The van der Waals surface area contributed by atoms with Gasteiger partial charge in [0.05, 0.1) is 11.8 Å². The van der Waals surface area contributed by atoms with Gasteiger partial charge in [0, 0.05) is 0 Å². The molecule has 0 spiro atoms. The van der Waals surface area contributed by atoms with Gasteiger partial charge in [0.2, 0.25) is 0 Å². The van der Waals surface area contributed by atoms with Crippen LogP contribution in [0.3, 0.4) is 0 Å². The lowest BCUT2D eigenvalue weighted by Gasteiger charge is -2.22. The Morgan fingerprint density at radius 2 is 1.05 bits per heavy atom. The van der Waals surface area contributed by atoms with Crippen LogP contribution in [0.5, 0.6) is 0 Å². The van der Waals surface area contributed by atoms with E-state index in [2.05, 4.69) is 0 Å². The van der Waals surface area contributed by atoms with Gasteiger partial charge in [-0.3, -0.25) is 9.59 Å². The van der Waals surface area contributed by atoms with Crippen LogP contribution in [0.1, 0.15) is 51.4 Å². The van der Waals surface area contributed by atoms with Gasteiger partial charge in [-0.15, -0.1) is 0 Å². The number of unbranched alkanes of at least 4 members (excludes halogenated alkanes) is 3. The molecule has 0 bridgehead atoms. The molecule has 1 saturated carbocycles. The molecule has 0 amide bonds. The van der Waals surface area contributed by atoms with Crippen LogP contribution in [-0.4, -0.2) is 35.2 Å². The summed E-state index contributed by atoms with van der Waals surface area (Å²) >= 11 is 0. The molecule has 0 aromatic rings. The lowest BCUT2D eigenvalue weighted by molar-refractivity contribution is -0.148. The van der Waals surface area contributed by atoms with Gasteiger partial charge in [-0.2, -0.15) is 0 Å². The largest absolute Gasteiger partial charge is 0.481 e. The Kier molecular flexibility index (Phi) is 11.0. The van der Waals surface area contributed by atoms with Gasteiger partial charge in [0.25, 0.3) is 0 Å². The summed E-state index contributed by atoms with van der Waals surface area (Å²) in [6.07, 6.45) is 6.82. The van der Waals surface area contributed by atoms with E-state index < -0.39 is 11.9 Å². The van der Waals surface area contributed by atoms with Crippen molar-refractivity contribution in [3.8, 4) is 0 Å². The van der Waals surface area contributed by atoms with Crippen LogP contribution in [0.15, 0.2) is 0 Å². The standard InChI is InChI=1S/C8H12O4.C6H16N2/c9-7(10)5-1-2-6(4-3-5)8(11)12;7-5-3-1-2-4-6-8/h5-6H,1-4H2,(H,9,10)(H,11,12);1-8H2. The monoisotopic (exact) mass is 288 g/mol. The molecule has 6 heteroatoms. The van der Waals surface area contributed by atoms with Gasteiger partial charge in [0.1, 0.15) is 0 Å². The van der Waals surface area contributed by atoms with Crippen molar-refractivity contribution in [2.75, 3.05) is 13.1 Å². The van der Waals surface area contributed by atoms with E-state index in [0.29, 0.717) is 25.7 Å². The lowest BCUT2D eigenvalue weighted by Crippen LogP contribution is -2.25. The first-order chi connectivity index (χ1) is 9.52. The Morgan fingerprint density at radius 1 is 0.750 bits per heavy atom. The number of carbonyl (C=O) groups is 2. The van der Waals surface area contributed by atoms with Gasteiger partial charge >= 0.3 is 11.9 Å². The Balaban J connectivity index is 0.000000396. The molecular weight excluding hydrogens is 260 g/mol. The number of carboxylic acids is 2. The van der Waals surface area contributed by atoms with Crippen LogP contribution < -0.4 is 11.5 Å². The van der Waals surface area contributed by atoms with E-state index in [0.717, 1.165) is 25.9 Å². The Hall–Kier alpha value is -1.14. The molecule has 1 rings (SSSR count). The lowest BCUT2D eigenvalue weighted by atomic mass is 9.82. The van der Waals surface area contributed by atoms with E-state index in [4.69, 9.17) is 21.7 Å². The van der Waals surface area contributed by atoms with Gasteiger partial charge in [-0.25, -0.2) is 0 Å². The number of nitrogens with two attached hydrogens (primary N) is 2. The summed E-state index contributed by atoms with van der Waals surface area (Å²) in [7, 11) is 0. The third-order valence-corrected chi connectivity index (χ3v) is 3.58. The Labute approximate surface area is 120 Å². The molecule has 0 aromatic carbocycles. The van der Waals surface area contributed by atoms with Crippen molar-refractivity contribution in [3.05, 3.63) is 0 Å². The number of hydrogen-bond donors (Lipinski definition) is 4. The highest BCUT2D eigenvalue weighted by molar-refractivity contribution is 5.72. The van der Waals surface area contributed by atoms with Crippen LogP contribution in [0, 0.1) is 11.8 Å². The number of aliphatic carboxylic acids is 2. The van der Waals surface area contributed by atoms with Gasteiger partial charge < -0.3 is 21.7 Å². The maximum Gasteiger partial charge on any atom is 0.306 e. The summed E-state index contributed by atoms with van der Waals surface area (Å²) in [5.41, 5.74) is 10.6. The van der Waals surface area contributed by atoms with Gasteiger partial charge in [-0.05, 0) is 51.6 Å². The Bertz CT molecular complexity index is 248. The average molecular weight is 288 g/mol. The van der Waals surface area contributed by atoms with E-state index in [1.165, 1.54) is 12.8 Å². The van der Waals surface area contributed by atoms with Crippen molar-refractivity contribution in [2.24, 2.45) is 23.3 Å². The summed E-state index contributed by atoms with van der Waals surface area (Å²) in [5.74, 6) is -2.22. The van der Waals surface area contributed by atoms with Crippen molar-refractivity contribution in [1.29, 1.82) is 0 Å². The molecule has 0 radical (unpaired) electrons. The second-order valence-corrected chi connectivity index (χ2v) is 5.22. The van der Waals surface area contributed by atoms with E-state index in [9.17, 15) is 9.59 Å². The normalized spacial score (nSPS) is 21.7. The molecule has 1 aliphatic rings. The smallest absolute Gasteiger partial charge is 0.306 e. The van der Waals surface area contributed by atoms with Crippen molar-refractivity contribution in [2.45, 2.75) is 51.4 Å². The highest BCUT2D eigenvalue weighted by atomic mass is 16.4. The molecule has 0 unspecified atom stereocenters. The molecule has 0 atom stereocenters. The van der Waals surface area contributed by atoms with Gasteiger partial charge in [-0.1, -0.05) is 12.8 Å². The van der Waals surface area contributed by atoms with Crippen LogP contribution in [-0.2, 0) is 9.59 Å². The van der Waals surface area contributed by atoms with Crippen LogP contribution >= 0.6 is 0 Å². The molecule has 1 fully saturated rings. The first-order valence-corrected chi connectivity index (χ1v) is 7.38. The van der Waals surface area contributed by atoms with Crippen molar-refractivity contribution in [3.63, 3.8) is 0 Å². The minimum atomic E-state index is -0.793. The fourth-order valence-electron chi connectivity index (χ4n) is 2.23. The van der Waals surface area contributed by atoms with Crippen molar-refractivity contribution in [1.82, 2.24) is 0 Å². The highest BCUT2D eigenvalue weighted by Crippen LogP contribution is 2.28. The predicted molar refractivity (Wildman–Crippen MR) is 77.3 cm³/mol. The summed E-state index contributed by atoms with van der Waals surface area (Å²) in [6.45, 7) is 1.65. The molecule has 6 N–H and O–H groups in total. The minimum absolute atomic E-state index is 0.319. The van der Waals surface area contributed by atoms with Crippen molar-refractivity contribution >= 4 is 11.9 Å². The fourth-order valence-corrected chi connectivity index (χ4v) is 2.23. The fraction of sp³-hybridized carbons (Fsp3) is 0.857. The van der Waals surface area contributed by atoms with Crippen LogP contribution in [0.25, 0.3) is 0 Å². The van der Waals surface area contributed by atoms with E-state index >= 15 is 0 Å². The van der Waals surface area contributed by atoms with Crippen LogP contribution in [0.2, 0.25) is 0 Å². The topological polar surface area (TPSA) is 127 Å². The first-order valence-electron chi connectivity index (χ1n) is 7.38. The number of carboxylic acid groups (broad SMARTS) is 2. The van der Waals surface area contributed by atoms with E-state index in [-0.39, 0.29) is 11.8 Å². The molecule has 118 valence electrons. The third kappa shape index (κ3) is 8.87. The zero-order valence-electron chi connectivity index (χ0n) is 12.1. The van der Waals surface area contributed by atoms with Crippen LogP contribution in [0.4, 0.5) is 0 Å². The summed E-state index contributed by atoms with van der Waals surface area (Å²) in [5, 5.41) is 17.2. The molecule has 1 aliphatic carbocycles. The first kappa shape index (κ1) is 18.9. The molecule has 0 saturated heterocycles. The highest BCUT2D eigenvalue weighted by Gasteiger charge is 2.29. The maximum atomic E-state index is 10.5. The van der Waals surface area contributed by atoms with Gasteiger partial charge in [0.15, 0.2) is 0 Å². The molecule has 6 nitrogen and oxygen atoms in total. The summed E-state index contributed by atoms with van der Waals surface area (Å²) in [4.78, 5) is 21.0. The molecule has 0 aliphatic heterocycles. The maximum absolute atomic E-state index is 10.5. The molecule has 0 aromatic heterocycles. The van der Waals surface area contributed by atoms with E-state index in [1.807, 2.05) is 0 Å². The summed E-state index contributed by atoms with van der Waals surface area (Å²) in [6, 6.07) is 0. The molecule has 0 heterocycles. The number of hydrogen-bond acceptors (Lipinski definition) is 4. The minimum Gasteiger partial charge on any atom is -0.481 e. The second-order valence-electron chi connectivity index (χ2n) is 5.22. The zero-order chi connectivity index (χ0) is 15.4. The average Bonchev–Trinajstić information content (AvgIpc) is 2.44. The molecular formula is C14H28N2O4. The predicted octanol–water partition coefficient (Wildman–Crippen LogP) is 1.43. The number of rotatable bonds is 7. The molecule has 20 heavy (non-hydrogen) atoms. The quantitative estimate of drug-likeness (QED) is 0.525. The summed E-state index contributed by atoms with van der Waals surface area (Å²) < 4.78 is 0. The van der Waals surface area contributed by atoms with Crippen molar-refractivity contribution < 1.29 is 19.8 Å².